The number of aromatic hydroxyl groups is 1. The number of thiazole rings is 1. The average molecular weight is 483 g/mol. The molecule has 0 unspecified atom stereocenters. The minimum atomic E-state index is -0.361. The Kier molecular flexibility index (Phi) is 6.71. The number of likely N-dealkylation sites (tertiary alicyclic amines) is 1. The van der Waals surface area contributed by atoms with Crippen molar-refractivity contribution >= 4 is 45.5 Å². The SMILES string of the molecule is CCOC(=O)[C@@H]1CCCN([C@H](c2ccc(Cl)cc2Cl)c2sc3nc(CC)nn3c2O)C1. The zero-order valence-electron chi connectivity index (χ0n) is 17.3. The topological polar surface area (TPSA) is 80.0 Å². The van der Waals surface area contributed by atoms with Gasteiger partial charge in [0.15, 0.2) is 5.82 Å². The normalized spacial score (nSPS) is 18.4. The first-order chi connectivity index (χ1) is 14.9. The lowest BCUT2D eigenvalue weighted by atomic mass is 9.94. The number of nitrogens with zero attached hydrogens (tertiary/aromatic N) is 4. The highest BCUT2D eigenvalue weighted by Crippen LogP contribution is 2.43. The molecule has 3 aromatic rings. The van der Waals surface area contributed by atoms with Gasteiger partial charge in [-0.15, -0.1) is 5.10 Å². The van der Waals surface area contributed by atoms with Gasteiger partial charge >= 0.3 is 5.97 Å². The molecule has 4 rings (SSSR count). The molecule has 0 radical (unpaired) electrons. The molecule has 0 bridgehead atoms. The molecule has 1 fully saturated rings. The van der Waals surface area contributed by atoms with Crippen molar-refractivity contribution in [2.75, 3.05) is 19.7 Å². The van der Waals surface area contributed by atoms with Gasteiger partial charge in [0.1, 0.15) is 0 Å². The number of hydrogen-bond acceptors (Lipinski definition) is 7. The zero-order chi connectivity index (χ0) is 22.1. The van der Waals surface area contributed by atoms with Crippen molar-refractivity contribution in [1.29, 1.82) is 0 Å². The number of hydrogen-bond donors (Lipinski definition) is 1. The van der Waals surface area contributed by atoms with E-state index >= 15 is 0 Å². The van der Waals surface area contributed by atoms with Crippen molar-refractivity contribution in [3.05, 3.63) is 44.5 Å². The highest BCUT2D eigenvalue weighted by atomic mass is 35.5. The number of ether oxygens (including phenoxy) is 1. The fourth-order valence-electron chi connectivity index (χ4n) is 4.04. The summed E-state index contributed by atoms with van der Waals surface area (Å²) in [6, 6.07) is 4.99. The summed E-state index contributed by atoms with van der Waals surface area (Å²) in [6.45, 7) is 5.40. The summed E-state index contributed by atoms with van der Waals surface area (Å²) in [6.07, 6.45) is 2.30. The molecule has 1 saturated heterocycles. The lowest BCUT2D eigenvalue weighted by molar-refractivity contribution is -0.150. The maximum atomic E-state index is 12.4. The van der Waals surface area contributed by atoms with Crippen molar-refractivity contribution in [1.82, 2.24) is 19.5 Å². The van der Waals surface area contributed by atoms with E-state index in [2.05, 4.69) is 15.0 Å². The van der Waals surface area contributed by atoms with E-state index in [1.165, 1.54) is 15.9 Å². The Morgan fingerprint density at radius 2 is 2.19 bits per heavy atom. The summed E-state index contributed by atoms with van der Waals surface area (Å²) in [5, 5.41) is 16.5. The van der Waals surface area contributed by atoms with Gasteiger partial charge in [0.25, 0.3) is 0 Å². The Labute approximate surface area is 194 Å². The first kappa shape index (κ1) is 22.3. The first-order valence-electron chi connectivity index (χ1n) is 10.4. The molecule has 2 aromatic heterocycles. The summed E-state index contributed by atoms with van der Waals surface area (Å²) in [7, 11) is 0. The van der Waals surface area contributed by atoms with Crippen LogP contribution in [0.3, 0.4) is 0 Å². The molecule has 7 nitrogen and oxygen atoms in total. The largest absolute Gasteiger partial charge is 0.492 e. The van der Waals surface area contributed by atoms with E-state index in [0.29, 0.717) is 45.3 Å². The third-order valence-electron chi connectivity index (χ3n) is 5.50. The van der Waals surface area contributed by atoms with E-state index < -0.39 is 0 Å². The summed E-state index contributed by atoms with van der Waals surface area (Å²) >= 11 is 14.1. The van der Waals surface area contributed by atoms with Gasteiger partial charge in [0.05, 0.1) is 23.4 Å². The van der Waals surface area contributed by atoms with E-state index in [4.69, 9.17) is 27.9 Å². The van der Waals surface area contributed by atoms with Gasteiger partial charge in [0, 0.05) is 23.0 Å². The highest BCUT2D eigenvalue weighted by molar-refractivity contribution is 7.17. The smallest absolute Gasteiger partial charge is 0.310 e. The average Bonchev–Trinajstić information content (AvgIpc) is 3.29. The number of esters is 1. The summed E-state index contributed by atoms with van der Waals surface area (Å²) in [5.41, 5.74) is 0.811. The Balaban J connectivity index is 1.78. The number of carbonyl (C=O) groups is 1. The number of benzene rings is 1. The third kappa shape index (κ3) is 4.39. The van der Waals surface area contributed by atoms with Crippen molar-refractivity contribution in [3.63, 3.8) is 0 Å². The standard InChI is InChI=1S/C21H24Cl2N4O3S/c1-3-16-24-21-27(25-16)19(28)18(31-21)17(14-8-7-13(22)10-15(14)23)26-9-5-6-12(11-26)20(29)30-4-2/h7-8,10,12,17,28H,3-6,9,11H2,1-2H3/t12-,17-/m1/s1. The van der Waals surface area contributed by atoms with Crippen LogP contribution in [-0.4, -0.2) is 50.3 Å². The predicted octanol–water partition coefficient (Wildman–Crippen LogP) is 4.73. The maximum Gasteiger partial charge on any atom is 0.310 e. The van der Waals surface area contributed by atoms with Crippen LogP contribution in [0.25, 0.3) is 4.96 Å². The van der Waals surface area contributed by atoms with Crippen LogP contribution in [0.4, 0.5) is 0 Å². The van der Waals surface area contributed by atoms with Crippen LogP contribution in [0, 0.1) is 5.92 Å². The summed E-state index contributed by atoms with van der Waals surface area (Å²) in [5.74, 6) is 0.307. The van der Waals surface area contributed by atoms with Crippen molar-refractivity contribution in [2.45, 2.75) is 39.2 Å². The molecule has 10 heteroatoms. The van der Waals surface area contributed by atoms with Crippen molar-refractivity contribution in [2.24, 2.45) is 5.92 Å². The highest BCUT2D eigenvalue weighted by Gasteiger charge is 2.36. The number of fused-ring (bicyclic) bond motifs is 1. The molecule has 166 valence electrons. The van der Waals surface area contributed by atoms with Gasteiger partial charge in [-0.25, -0.2) is 4.98 Å². The van der Waals surface area contributed by atoms with E-state index in [1.54, 1.807) is 12.1 Å². The molecule has 0 spiro atoms. The quantitative estimate of drug-likeness (QED) is 0.511. The molecule has 1 aliphatic heterocycles. The zero-order valence-corrected chi connectivity index (χ0v) is 19.7. The predicted molar refractivity (Wildman–Crippen MR) is 121 cm³/mol. The second-order valence-electron chi connectivity index (χ2n) is 7.52. The number of rotatable bonds is 6. The summed E-state index contributed by atoms with van der Waals surface area (Å²) in [4.78, 5) is 20.4. The van der Waals surface area contributed by atoms with E-state index in [1.807, 2.05) is 19.9 Å². The molecular weight excluding hydrogens is 459 g/mol. The molecule has 1 N–H and O–H groups in total. The molecule has 0 amide bonds. The number of aryl methyl sites for hydroxylation is 1. The fourth-order valence-corrected chi connectivity index (χ4v) is 5.68. The minimum Gasteiger partial charge on any atom is -0.492 e. The van der Waals surface area contributed by atoms with Crippen LogP contribution in [0.15, 0.2) is 18.2 Å². The number of piperidine rings is 1. The Morgan fingerprint density at radius 1 is 1.39 bits per heavy atom. The van der Waals surface area contributed by atoms with Crippen LogP contribution >= 0.6 is 34.5 Å². The number of halogens is 2. The molecule has 1 aromatic carbocycles. The Hall–Kier alpha value is -1.87. The lowest BCUT2D eigenvalue weighted by Gasteiger charge is -2.37. The first-order valence-corrected chi connectivity index (χ1v) is 11.9. The van der Waals surface area contributed by atoms with Gasteiger partial charge < -0.3 is 9.84 Å². The van der Waals surface area contributed by atoms with Crippen molar-refractivity contribution in [3.8, 4) is 5.88 Å². The molecule has 1 aliphatic rings. The van der Waals surface area contributed by atoms with Crippen LogP contribution < -0.4 is 0 Å². The van der Waals surface area contributed by atoms with Gasteiger partial charge in [0.2, 0.25) is 10.8 Å². The van der Waals surface area contributed by atoms with E-state index in [0.717, 1.165) is 24.9 Å². The third-order valence-corrected chi connectivity index (χ3v) is 7.14. The van der Waals surface area contributed by atoms with Gasteiger partial charge in [-0.2, -0.15) is 4.52 Å². The molecule has 0 aliphatic carbocycles. The van der Waals surface area contributed by atoms with E-state index in [9.17, 15) is 9.90 Å². The molecule has 3 heterocycles. The maximum absolute atomic E-state index is 12.4. The van der Waals surface area contributed by atoms with Gasteiger partial charge in [-0.3, -0.25) is 9.69 Å². The lowest BCUT2D eigenvalue weighted by Crippen LogP contribution is -2.41. The second kappa shape index (κ2) is 9.32. The van der Waals surface area contributed by atoms with Crippen LogP contribution in [-0.2, 0) is 16.0 Å². The molecule has 0 saturated carbocycles. The Bertz CT molecular complexity index is 1100. The molecule has 31 heavy (non-hydrogen) atoms. The van der Waals surface area contributed by atoms with Crippen LogP contribution in [0.1, 0.15) is 49.0 Å². The monoisotopic (exact) mass is 482 g/mol. The van der Waals surface area contributed by atoms with E-state index in [-0.39, 0.29) is 23.8 Å². The van der Waals surface area contributed by atoms with Crippen LogP contribution in [0.2, 0.25) is 10.0 Å². The number of aromatic nitrogens is 3. The molecular formula is C21H24Cl2N4O3S. The Morgan fingerprint density at radius 3 is 2.87 bits per heavy atom. The van der Waals surface area contributed by atoms with Crippen LogP contribution in [0.5, 0.6) is 5.88 Å². The summed E-state index contributed by atoms with van der Waals surface area (Å²) < 4.78 is 6.74. The van der Waals surface area contributed by atoms with Crippen molar-refractivity contribution < 1.29 is 14.6 Å². The molecule has 2 atom stereocenters. The fraction of sp³-hybridized carbons (Fsp3) is 0.476. The minimum absolute atomic E-state index is 0.0430. The van der Waals surface area contributed by atoms with Gasteiger partial charge in [-0.1, -0.05) is 47.5 Å². The second-order valence-corrected chi connectivity index (χ2v) is 9.37. The number of carbonyl (C=O) groups excluding carboxylic acids is 1. The van der Waals surface area contributed by atoms with Gasteiger partial charge in [-0.05, 0) is 44.0 Å².